The molecule has 138 valence electrons. The van der Waals surface area contributed by atoms with Crippen LogP contribution in [0.1, 0.15) is 40.4 Å². The SMILES string of the molecule is CC(C)(NC(=O)c1cc(OS(C)(=O)=O)cc(C(=O)O)n1)c1ccccc1. The summed E-state index contributed by atoms with van der Waals surface area (Å²) < 4.78 is 27.3. The summed E-state index contributed by atoms with van der Waals surface area (Å²) in [6.45, 7) is 3.55. The Labute approximate surface area is 151 Å². The molecule has 0 bridgehead atoms. The van der Waals surface area contributed by atoms with Gasteiger partial charge in [-0.05, 0) is 19.4 Å². The summed E-state index contributed by atoms with van der Waals surface area (Å²) >= 11 is 0. The molecule has 26 heavy (non-hydrogen) atoms. The predicted octanol–water partition coefficient (Wildman–Crippen LogP) is 1.78. The van der Waals surface area contributed by atoms with Gasteiger partial charge in [0.25, 0.3) is 5.91 Å². The summed E-state index contributed by atoms with van der Waals surface area (Å²) in [5, 5.41) is 11.9. The van der Waals surface area contributed by atoms with Crippen LogP contribution in [0.3, 0.4) is 0 Å². The standard InChI is InChI=1S/C17H18N2O6S/c1-17(2,11-7-5-4-6-8-11)19-15(20)13-9-12(25-26(3,23)24)10-14(18-13)16(21)22/h4-10H,1-3H3,(H,19,20)(H,21,22). The number of nitrogens with one attached hydrogen (secondary N) is 1. The van der Waals surface area contributed by atoms with Gasteiger partial charge in [-0.1, -0.05) is 30.3 Å². The molecular weight excluding hydrogens is 360 g/mol. The topological polar surface area (TPSA) is 123 Å². The first-order chi connectivity index (χ1) is 12.0. The van der Waals surface area contributed by atoms with E-state index in [0.717, 1.165) is 24.0 Å². The monoisotopic (exact) mass is 378 g/mol. The Bertz CT molecular complexity index is 939. The Balaban J connectivity index is 2.37. The number of aromatic carboxylic acids is 1. The zero-order valence-corrected chi connectivity index (χ0v) is 15.2. The van der Waals surface area contributed by atoms with Gasteiger partial charge in [-0.15, -0.1) is 0 Å². The third-order valence-corrected chi connectivity index (χ3v) is 3.91. The normalized spacial score (nSPS) is 11.7. The highest BCUT2D eigenvalue weighted by Crippen LogP contribution is 2.21. The molecule has 1 amide bonds. The summed E-state index contributed by atoms with van der Waals surface area (Å²) in [6.07, 6.45) is 0.812. The molecule has 1 aromatic carbocycles. The van der Waals surface area contributed by atoms with Gasteiger partial charge in [0.15, 0.2) is 5.69 Å². The van der Waals surface area contributed by atoms with Gasteiger partial charge in [0.2, 0.25) is 0 Å². The van der Waals surface area contributed by atoms with Crippen LogP contribution in [0.4, 0.5) is 0 Å². The molecule has 1 aromatic heterocycles. The first kappa shape index (κ1) is 19.4. The number of carbonyl (C=O) groups excluding carboxylic acids is 1. The van der Waals surface area contributed by atoms with Crippen LogP contribution >= 0.6 is 0 Å². The van der Waals surface area contributed by atoms with Crippen LogP contribution in [0.15, 0.2) is 42.5 Å². The van der Waals surface area contributed by atoms with Gasteiger partial charge in [-0.3, -0.25) is 4.79 Å². The minimum absolute atomic E-state index is 0.271. The third-order valence-electron chi connectivity index (χ3n) is 3.42. The third kappa shape index (κ3) is 5.03. The molecule has 2 rings (SSSR count). The van der Waals surface area contributed by atoms with Gasteiger partial charge in [0.05, 0.1) is 11.8 Å². The van der Waals surface area contributed by atoms with Crippen molar-refractivity contribution in [2.24, 2.45) is 0 Å². The summed E-state index contributed by atoms with van der Waals surface area (Å²) in [7, 11) is -3.89. The van der Waals surface area contributed by atoms with Crippen LogP contribution in [-0.4, -0.2) is 36.6 Å². The number of carboxylic acids is 1. The number of pyridine rings is 1. The lowest BCUT2D eigenvalue weighted by molar-refractivity contribution is 0.0690. The molecule has 0 fully saturated rings. The molecule has 9 heteroatoms. The second-order valence-corrected chi connectivity index (χ2v) is 7.69. The molecule has 1 heterocycles. The van der Waals surface area contributed by atoms with Crippen LogP contribution in [0, 0.1) is 0 Å². The van der Waals surface area contributed by atoms with Crippen LogP contribution in [0.5, 0.6) is 5.75 Å². The van der Waals surface area contributed by atoms with E-state index >= 15 is 0 Å². The average molecular weight is 378 g/mol. The van der Waals surface area contributed by atoms with E-state index in [-0.39, 0.29) is 11.4 Å². The van der Waals surface area contributed by atoms with E-state index < -0.39 is 33.2 Å². The molecule has 0 unspecified atom stereocenters. The summed E-state index contributed by atoms with van der Waals surface area (Å²) in [5.41, 5.74) is -0.714. The Hall–Kier alpha value is -2.94. The maximum absolute atomic E-state index is 12.6. The van der Waals surface area contributed by atoms with Crippen molar-refractivity contribution in [2.75, 3.05) is 6.26 Å². The number of benzene rings is 1. The van der Waals surface area contributed by atoms with Crippen LogP contribution in [-0.2, 0) is 15.7 Å². The lowest BCUT2D eigenvalue weighted by Gasteiger charge is -2.26. The highest BCUT2D eigenvalue weighted by atomic mass is 32.2. The van der Waals surface area contributed by atoms with Crippen molar-refractivity contribution in [1.29, 1.82) is 0 Å². The molecule has 0 radical (unpaired) electrons. The molecule has 0 saturated carbocycles. The second-order valence-electron chi connectivity index (χ2n) is 6.11. The van der Waals surface area contributed by atoms with Crippen molar-refractivity contribution in [3.8, 4) is 5.75 Å². The molecule has 0 saturated heterocycles. The van der Waals surface area contributed by atoms with Crippen molar-refractivity contribution in [3.05, 3.63) is 59.4 Å². The van der Waals surface area contributed by atoms with E-state index in [9.17, 15) is 18.0 Å². The number of carbonyl (C=O) groups is 2. The maximum atomic E-state index is 12.6. The Morgan fingerprint density at radius 2 is 1.69 bits per heavy atom. The van der Waals surface area contributed by atoms with Crippen molar-refractivity contribution >= 4 is 22.0 Å². The lowest BCUT2D eigenvalue weighted by Crippen LogP contribution is -2.41. The highest BCUT2D eigenvalue weighted by molar-refractivity contribution is 7.86. The van der Waals surface area contributed by atoms with Gasteiger partial charge >= 0.3 is 16.1 Å². The smallest absolute Gasteiger partial charge is 0.354 e. The summed E-state index contributed by atoms with van der Waals surface area (Å²) in [5.74, 6) is -2.39. The summed E-state index contributed by atoms with van der Waals surface area (Å²) in [6, 6.07) is 11.2. The van der Waals surface area contributed by atoms with Gasteiger partial charge in [0.1, 0.15) is 11.4 Å². The minimum atomic E-state index is -3.89. The van der Waals surface area contributed by atoms with Crippen molar-refractivity contribution < 1.29 is 27.3 Å². The largest absolute Gasteiger partial charge is 0.477 e. The van der Waals surface area contributed by atoms with Gasteiger partial charge in [-0.25, -0.2) is 9.78 Å². The predicted molar refractivity (Wildman–Crippen MR) is 93.6 cm³/mol. The van der Waals surface area contributed by atoms with Gasteiger partial charge in [0, 0.05) is 12.1 Å². The fraction of sp³-hybridized carbons (Fsp3) is 0.235. The van der Waals surface area contributed by atoms with E-state index in [4.69, 9.17) is 5.11 Å². The number of rotatable bonds is 6. The second kappa shape index (κ2) is 7.12. The Morgan fingerprint density at radius 1 is 1.12 bits per heavy atom. The Morgan fingerprint density at radius 3 is 2.23 bits per heavy atom. The van der Waals surface area contributed by atoms with E-state index in [1.54, 1.807) is 13.8 Å². The average Bonchev–Trinajstić information content (AvgIpc) is 2.53. The van der Waals surface area contributed by atoms with Crippen LogP contribution in [0.2, 0.25) is 0 Å². The lowest BCUT2D eigenvalue weighted by atomic mass is 9.94. The zero-order valence-electron chi connectivity index (χ0n) is 14.4. The van der Waals surface area contributed by atoms with Crippen LogP contribution < -0.4 is 9.50 Å². The van der Waals surface area contributed by atoms with Gasteiger partial charge in [-0.2, -0.15) is 8.42 Å². The molecule has 0 aliphatic heterocycles. The maximum Gasteiger partial charge on any atom is 0.354 e. The number of amides is 1. The number of aromatic nitrogens is 1. The molecule has 2 N–H and O–H groups in total. The zero-order chi connectivity index (χ0) is 19.5. The molecule has 0 atom stereocenters. The first-order valence-electron chi connectivity index (χ1n) is 7.51. The fourth-order valence-corrected chi connectivity index (χ4v) is 2.67. The van der Waals surface area contributed by atoms with E-state index in [1.165, 1.54) is 0 Å². The van der Waals surface area contributed by atoms with E-state index in [0.29, 0.717) is 0 Å². The fourth-order valence-electron chi connectivity index (χ4n) is 2.23. The van der Waals surface area contributed by atoms with Crippen molar-refractivity contribution in [2.45, 2.75) is 19.4 Å². The molecule has 0 aliphatic rings. The highest BCUT2D eigenvalue weighted by Gasteiger charge is 2.25. The molecule has 2 aromatic rings. The van der Waals surface area contributed by atoms with Gasteiger partial charge < -0.3 is 14.6 Å². The van der Waals surface area contributed by atoms with Crippen LogP contribution in [0.25, 0.3) is 0 Å². The summed E-state index contributed by atoms with van der Waals surface area (Å²) in [4.78, 5) is 27.5. The van der Waals surface area contributed by atoms with Crippen molar-refractivity contribution in [3.63, 3.8) is 0 Å². The van der Waals surface area contributed by atoms with E-state index in [2.05, 4.69) is 14.5 Å². The number of nitrogens with zero attached hydrogens (tertiary/aromatic N) is 1. The van der Waals surface area contributed by atoms with Crippen molar-refractivity contribution in [1.82, 2.24) is 10.3 Å². The molecule has 0 aliphatic carbocycles. The quantitative estimate of drug-likeness (QED) is 0.735. The van der Waals surface area contributed by atoms with E-state index in [1.807, 2.05) is 30.3 Å². The molecule has 8 nitrogen and oxygen atoms in total. The number of carboxylic acid groups (broad SMARTS) is 1. The molecule has 0 spiro atoms. The minimum Gasteiger partial charge on any atom is -0.477 e. The first-order valence-corrected chi connectivity index (χ1v) is 9.32. The molecular formula is C17H18N2O6S. The number of hydrogen-bond acceptors (Lipinski definition) is 6. The number of hydrogen-bond donors (Lipinski definition) is 2. The Kier molecular flexibility index (Phi) is 5.31.